The predicted octanol–water partition coefficient (Wildman–Crippen LogP) is 2.36. The second-order valence-electron chi connectivity index (χ2n) is 3.28. The van der Waals surface area contributed by atoms with E-state index in [-0.39, 0.29) is 0 Å². The first-order valence-electron chi connectivity index (χ1n) is 4.79. The lowest BCUT2D eigenvalue weighted by Gasteiger charge is -2.06. The second kappa shape index (κ2) is 4.55. The molecular formula is C12H12N2O. The largest absolute Gasteiger partial charge is 0.473 e. The molecule has 3 nitrogen and oxygen atoms in total. The monoisotopic (exact) mass is 200 g/mol. The Balaban J connectivity index is 2.03. The number of ether oxygens (including phenoxy) is 1. The summed E-state index contributed by atoms with van der Waals surface area (Å²) in [5.74, 6) is 0.682. The first kappa shape index (κ1) is 9.65. The smallest absolute Gasteiger partial charge is 0.216 e. The van der Waals surface area contributed by atoms with Crippen molar-refractivity contribution >= 4 is 0 Å². The summed E-state index contributed by atoms with van der Waals surface area (Å²) >= 11 is 0. The quantitative estimate of drug-likeness (QED) is 0.762. The van der Waals surface area contributed by atoms with E-state index < -0.39 is 0 Å². The lowest BCUT2D eigenvalue weighted by atomic mass is 10.3. The summed E-state index contributed by atoms with van der Waals surface area (Å²) in [4.78, 5) is 8.17. The van der Waals surface area contributed by atoms with Gasteiger partial charge in [0, 0.05) is 29.7 Å². The van der Waals surface area contributed by atoms with Crippen molar-refractivity contribution in [1.82, 2.24) is 9.97 Å². The van der Waals surface area contributed by atoms with Gasteiger partial charge in [-0.15, -0.1) is 0 Å². The Morgan fingerprint density at radius 3 is 2.80 bits per heavy atom. The minimum absolute atomic E-state index is 0.506. The first-order valence-corrected chi connectivity index (χ1v) is 4.79. The fraction of sp³-hybridized carbons (Fsp3) is 0.167. The van der Waals surface area contributed by atoms with Gasteiger partial charge in [0.15, 0.2) is 0 Å². The van der Waals surface area contributed by atoms with E-state index in [0.717, 1.165) is 11.1 Å². The van der Waals surface area contributed by atoms with Crippen LogP contribution < -0.4 is 4.74 Å². The fourth-order valence-corrected chi connectivity index (χ4v) is 1.26. The van der Waals surface area contributed by atoms with Crippen LogP contribution in [-0.2, 0) is 6.61 Å². The minimum atomic E-state index is 0.506. The topological polar surface area (TPSA) is 35.0 Å². The van der Waals surface area contributed by atoms with Crippen LogP contribution in [0.15, 0.2) is 42.9 Å². The van der Waals surface area contributed by atoms with Gasteiger partial charge in [0.1, 0.15) is 6.61 Å². The standard InChI is InChI=1S/C12H12N2O/c1-10-4-2-7-14-12(10)15-9-11-5-3-6-13-8-11/h2-8H,9H2,1H3. The van der Waals surface area contributed by atoms with Crippen molar-refractivity contribution in [1.29, 1.82) is 0 Å². The van der Waals surface area contributed by atoms with Crippen LogP contribution in [0.4, 0.5) is 0 Å². The highest BCUT2D eigenvalue weighted by molar-refractivity contribution is 5.23. The van der Waals surface area contributed by atoms with E-state index in [2.05, 4.69) is 9.97 Å². The molecule has 2 rings (SSSR count). The van der Waals surface area contributed by atoms with E-state index in [4.69, 9.17) is 4.74 Å². The molecular weight excluding hydrogens is 188 g/mol. The molecule has 0 amide bonds. The van der Waals surface area contributed by atoms with Crippen LogP contribution in [0.3, 0.4) is 0 Å². The molecule has 0 N–H and O–H groups in total. The Bertz CT molecular complexity index is 429. The predicted molar refractivity (Wildman–Crippen MR) is 57.5 cm³/mol. The van der Waals surface area contributed by atoms with Gasteiger partial charge < -0.3 is 4.74 Å². The molecule has 0 fully saturated rings. The minimum Gasteiger partial charge on any atom is -0.473 e. The zero-order valence-electron chi connectivity index (χ0n) is 8.55. The number of pyridine rings is 2. The van der Waals surface area contributed by atoms with Gasteiger partial charge in [-0.2, -0.15) is 0 Å². The molecule has 0 radical (unpaired) electrons. The van der Waals surface area contributed by atoms with Crippen molar-refractivity contribution in [3.8, 4) is 5.88 Å². The Kier molecular flexibility index (Phi) is 2.93. The van der Waals surface area contributed by atoms with Crippen molar-refractivity contribution in [2.45, 2.75) is 13.5 Å². The molecule has 0 aliphatic heterocycles. The van der Waals surface area contributed by atoms with Gasteiger partial charge in [0.2, 0.25) is 5.88 Å². The molecule has 0 saturated carbocycles. The van der Waals surface area contributed by atoms with Crippen molar-refractivity contribution in [2.75, 3.05) is 0 Å². The third-order valence-electron chi connectivity index (χ3n) is 2.06. The third kappa shape index (κ3) is 2.53. The molecule has 2 heterocycles. The van der Waals surface area contributed by atoms with Gasteiger partial charge in [-0.25, -0.2) is 4.98 Å². The summed E-state index contributed by atoms with van der Waals surface area (Å²) in [7, 11) is 0. The summed E-state index contributed by atoms with van der Waals surface area (Å²) < 4.78 is 5.57. The molecule has 2 aromatic heterocycles. The highest BCUT2D eigenvalue weighted by Crippen LogP contribution is 2.13. The van der Waals surface area contributed by atoms with Gasteiger partial charge >= 0.3 is 0 Å². The average molecular weight is 200 g/mol. The second-order valence-corrected chi connectivity index (χ2v) is 3.28. The van der Waals surface area contributed by atoms with E-state index in [1.165, 1.54) is 0 Å². The molecule has 15 heavy (non-hydrogen) atoms. The van der Waals surface area contributed by atoms with Crippen molar-refractivity contribution < 1.29 is 4.74 Å². The maximum atomic E-state index is 5.57. The highest BCUT2D eigenvalue weighted by Gasteiger charge is 1.99. The molecule has 76 valence electrons. The number of nitrogens with zero attached hydrogens (tertiary/aromatic N) is 2. The maximum absolute atomic E-state index is 5.57. The molecule has 0 atom stereocenters. The molecule has 2 aromatic rings. The Labute approximate surface area is 88.8 Å². The van der Waals surface area contributed by atoms with Crippen LogP contribution in [0, 0.1) is 6.92 Å². The van der Waals surface area contributed by atoms with Crippen LogP contribution >= 0.6 is 0 Å². The van der Waals surface area contributed by atoms with Gasteiger partial charge in [0.25, 0.3) is 0 Å². The number of aromatic nitrogens is 2. The van der Waals surface area contributed by atoms with E-state index in [1.54, 1.807) is 18.6 Å². The molecule has 3 heteroatoms. The fourth-order valence-electron chi connectivity index (χ4n) is 1.26. The van der Waals surface area contributed by atoms with Crippen molar-refractivity contribution in [3.05, 3.63) is 54.0 Å². The summed E-state index contributed by atoms with van der Waals surface area (Å²) in [6.07, 6.45) is 5.26. The number of aryl methyl sites for hydroxylation is 1. The molecule has 0 saturated heterocycles. The Morgan fingerprint density at radius 2 is 2.07 bits per heavy atom. The molecule has 0 aromatic carbocycles. The molecule has 0 aliphatic carbocycles. The number of hydrogen-bond donors (Lipinski definition) is 0. The van der Waals surface area contributed by atoms with Crippen LogP contribution in [0.1, 0.15) is 11.1 Å². The van der Waals surface area contributed by atoms with Crippen LogP contribution in [-0.4, -0.2) is 9.97 Å². The molecule has 0 bridgehead atoms. The lowest BCUT2D eigenvalue weighted by molar-refractivity contribution is 0.291. The highest BCUT2D eigenvalue weighted by atomic mass is 16.5. The van der Waals surface area contributed by atoms with Crippen LogP contribution in [0.5, 0.6) is 5.88 Å². The van der Waals surface area contributed by atoms with E-state index in [9.17, 15) is 0 Å². The van der Waals surface area contributed by atoms with Gasteiger partial charge in [0.05, 0.1) is 0 Å². The van der Waals surface area contributed by atoms with Crippen LogP contribution in [0.2, 0.25) is 0 Å². The first-order chi connectivity index (χ1) is 7.36. The van der Waals surface area contributed by atoms with E-state index >= 15 is 0 Å². The lowest BCUT2D eigenvalue weighted by Crippen LogP contribution is -1.98. The van der Waals surface area contributed by atoms with E-state index in [1.807, 2.05) is 31.2 Å². The molecule has 0 unspecified atom stereocenters. The Hall–Kier alpha value is -1.90. The van der Waals surface area contributed by atoms with Gasteiger partial charge in [-0.1, -0.05) is 12.1 Å². The van der Waals surface area contributed by atoms with E-state index in [0.29, 0.717) is 12.5 Å². The van der Waals surface area contributed by atoms with Crippen molar-refractivity contribution in [3.63, 3.8) is 0 Å². The number of rotatable bonds is 3. The zero-order valence-corrected chi connectivity index (χ0v) is 8.55. The summed E-state index contributed by atoms with van der Waals surface area (Å²) in [5, 5.41) is 0. The molecule has 0 spiro atoms. The normalized spacial score (nSPS) is 9.93. The molecule has 0 aliphatic rings. The van der Waals surface area contributed by atoms with Gasteiger partial charge in [-0.3, -0.25) is 4.98 Å². The summed E-state index contributed by atoms with van der Waals surface area (Å²) in [5.41, 5.74) is 2.09. The summed E-state index contributed by atoms with van der Waals surface area (Å²) in [6, 6.07) is 7.74. The van der Waals surface area contributed by atoms with Crippen molar-refractivity contribution in [2.24, 2.45) is 0 Å². The Morgan fingerprint density at radius 1 is 1.20 bits per heavy atom. The van der Waals surface area contributed by atoms with Gasteiger partial charge in [-0.05, 0) is 19.1 Å². The summed E-state index contributed by atoms with van der Waals surface area (Å²) in [6.45, 7) is 2.48. The average Bonchev–Trinajstić information content (AvgIpc) is 2.29. The van der Waals surface area contributed by atoms with Crippen LogP contribution in [0.25, 0.3) is 0 Å². The third-order valence-corrected chi connectivity index (χ3v) is 2.06. The number of hydrogen-bond acceptors (Lipinski definition) is 3. The SMILES string of the molecule is Cc1cccnc1OCc1cccnc1. The zero-order chi connectivity index (χ0) is 10.5. The maximum Gasteiger partial charge on any atom is 0.216 e.